The van der Waals surface area contributed by atoms with Crippen LogP contribution in [0.3, 0.4) is 0 Å². The fourth-order valence-electron chi connectivity index (χ4n) is 3.89. The topological polar surface area (TPSA) is 51.2 Å². The molecule has 1 atom stereocenters. The molecule has 8 heteroatoms. The molecule has 0 spiro atoms. The Morgan fingerprint density at radius 2 is 1.74 bits per heavy atom. The summed E-state index contributed by atoms with van der Waals surface area (Å²) < 4.78 is 17.5. The van der Waals surface area contributed by atoms with Gasteiger partial charge in [-0.15, -0.1) is 0 Å². The third kappa shape index (κ3) is 7.48. The van der Waals surface area contributed by atoms with Gasteiger partial charge in [0.1, 0.15) is 0 Å². The second kappa shape index (κ2) is 12.8. The summed E-state index contributed by atoms with van der Waals surface area (Å²) in [7, 11) is 3.78. The summed E-state index contributed by atoms with van der Waals surface area (Å²) in [6, 6.07) is 3.99. The highest BCUT2D eigenvalue weighted by atomic mass is 33.1. The highest BCUT2D eigenvalue weighted by Crippen LogP contribution is 2.41. The number of likely N-dealkylation sites (N-methyl/N-ethyl adjacent to an activating group) is 1. The van der Waals surface area contributed by atoms with Gasteiger partial charge < -0.3 is 19.1 Å². The molecule has 1 aromatic rings. The second-order valence-corrected chi connectivity index (χ2v) is 10.6. The number of hydrogen-bond donors (Lipinski definition) is 0. The maximum atomic E-state index is 12.6. The molecule has 0 saturated carbocycles. The van der Waals surface area contributed by atoms with Gasteiger partial charge in [-0.3, -0.25) is 9.69 Å². The van der Waals surface area contributed by atoms with Crippen LogP contribution in [0.25, 0.3) is 0 Å². The molecule has 0 aromatic heterocycles. The largest absolute Gasteiger partial charge is 0.490 e. The van der Waals surface area contributed by atoms with E-state index in [2.05, 4.69) is 16.7 Å². The van der Waals surface area contributed by atoms with Gasteiger partial charge in [0.15, 0.2) is 11.5 Å². The first-order valence-corrected chi connectivity index (χ1v) is 13.9. The number of nitrogens with zero attached hydrogens (tertiary/aromatic N) is 2. The number of piperazine rings is 1. The Balaban J connectivity index is 1.71. The Hall–Kier alpha value is -1.09. The van der Waals surface area contributed by atoms with Crippen molar-refractivity contribution in [1.29, 1.82) is 0 Å². The van der Waals surface area contributed by atoms with Gasteiger partial charge >= 0.3 is 5.97 Å². The predicted octanol–water partition coefficient (Wildman–Crippen LogP) is 4.46. The van der Waals surface area contributed by atoms with E-state index in [0.717, 1.165) is 51.3 Å². The average molecular weight is 469 g/mol. The molecule has 2 fully saturated rings. The van der Waals surface area contributed by atoms with Crippen molar-refractivity contribution < 1.29 is 19.0 Å². The van der Waals surface area contributed by atoms with Crippen molar-refractivity contribution in [3.8, 4) is 17.2 Å². The van der Waals surface area contributed by atoms with Crippen LogP contribution in [0.5, 0.6) is 17.2 Å². The van der Waals surface area contributed by atoms with Gasteiger partial charge in [0.2, 0.25) is 5.75 Å². The molecule has 0 amide bonds. The van der Waals surface area contributed by atoms with Crippen molar-refractivity contribution >= 4 is 27.6 Å². The minimum absolute atomic E-state index is 0.199. The number of carbonyl (C=O) groups excluding carboxylic acids is 1. The lowest BCUT2D eigenvalue weighted by Gasteiger charge is -2.34. The third-order valence-electron chi connectivity index (χ3n) is 5.61. The Bertz CT molecular complexity index is 705. The van der Waals surface area contributed by atoms with Crippen LogP contribution in [-0.2, 0) is 11.3 Å². The Morgan fingerprint density at radius 3 is 2.39 bits per heavy atom. The van der Waals surface area contributed by atoms with E-state index in [1.807, 2.05) is 47.6 Å². The smallest absolute Gasteiger partial charge is 0.311 e. The van der Waals surface area contributed by atoms with Crippen LogP contribution in [0, 0.1) is 0 Å². The SMILES string of the molecule is CCOc1cc(CN2CCN(CC)CC2)cc(OC(=O)CCC2CCSS2)c1OCC. The molecule has 0 bridgehead atoms. The van der Waals surface area contributed by atoms with Crippen LogP contribution >= 0.6 is 21.6 Å². The molecule has 1 aromatic carbocycles. The van der Waals surface area contributed by atoms with E-state index in [0.29, 0.717) is 42.1 Å². The highest BCUT2D eigenvalue weighted by molar-refractivity contribution is 8.77. The normalized spacial score (nSPS) is 20.0. The summed E-state index contributed by atoms with van der Waals surface area (Å²) in [6.07, 6.45) is 2.46. The molecule has 1 unspecified atom stereocenters. The van der Waals surface area contributed by atoms with E-state index >= 15 is 0 Å². The van der Waals surface area contributed by atoms with Crippen molar-refractivity contribution in [2.45, 2.75) is 51.8 Å². The zero-order valence-corrected chi connectivity index (χ0v) is 20.7. The van der Waals surface area contributed by atoms with Gasteiger partial charge in [0.25, 0.3) is 0 Å². The second-order valence-electron chi connectivity index (χ2n) is 7.84. The zero-order chi connectivity index (χ0) is 22.1. The van der Waals surface area contributed by atoms with Crippen molar-refractivity contribution in [3.05, 3.63) is 17.7 Å². The number of ether oxygens (including phenoxy) is 3. The maximum Gasteiger partial charge on any atom is 0.311 e. The Labute approximate surface area is 194 Å². The van der Waals surface area contributed by atoms with E-state index in [4.69, 9.17) is 14.2 Å². The van der Waals surface area contributed by atoms with Gasteiger partial charge in [-0.25, -0.2) is 0 Å². The lowest BCUT2D eigenvalue weighted by molar-refractivity contribution is -0.134. The van der Waals surface area contributed by atoms with Crippen LogP contribution in [0.1, 0.15) is 45.6 Å². The molecule has 0 radical (unpaired) electrons. The van der Waals surface area contributed by atoms with Crippen LogP contribution in [0.4, 0.5) is 0 Å². The quantitative estimate of drug-likeness (QED) is 0.268. The summed E-state index contributed by atoms with van der Waals surface area (Å²) >= 11 is 0. The van der Waals surface area contributed by atoms with E-state index in [1.165, 1.54) is 12.2 Å². The van der Waals surface area contributed by atoms with Crippen molar-refractivity contribution in [2.75, 3.05) is 51.7 Å². The molecule has 6 nitrogen and oxygen atoms in total. The molecule has 2 aliphatic rings. The zero-order valence-electron chi connectivity index (χ0n) is 19.1. The first-order valence-electron chi connectivity index (χ1n) is 11.5. The van der Waals surface area contributed by atoms with Crippen molar-refractivity contribution in [2.24, 2.45) is 0 Å². The fourth-order valence-corrected chi connectivity index (χ4v) is 6.86. The first-order chi connectivity index (χ1) is 15.1. The molecular formula is C23H36N2O4S2. The number of rotatable bonds is 11. The molecule has 2 saturated heterocycles. The maximum absolute atomic E-state index is 12.6. The number of hydrogen-bond acceptors (Lipinski definition) is 8. The highest BCUT2D eigenvalue weighted by Gasteiger charge is 2.22. The summed E-state index contributed by atoms with van der Waals surface area (Å²) in [5, 5.41) is 0.552. The van der Waals surface area contributed by atoms with Crippen LogP contribution in [-0.4, -0.2) is 72.7 Å². The van der Waals surface area contributed by atoms with Gasteiger partial charge in [0, 0.05) is 50.1 Å². The Morgan fingerprint density at radius 1 is 1.03 bits per heavy atom. The lowest BCUT2D eigenvalue weighted by Crippen LogP contribution is -2.45. The van der Waals surface area contributed by atoms with Gasteiger partial charge in [-0.2, -0.15) is 0 Å². The molecule has 0 N–H and O–H groups in total. The van der Waals surface area contributed by atoms with Crippen molar-refractivity contribution in [1.82, 2.24) is 9.80 Å². The van der Waals surface area contributed by atoms with Crippen LogP contribution in [0.15, 0.2) is 12.1 Å². The lowest BCUT2D eigenvalue weighted by atomic mass is 10.1. The minimum atomic E-state index is -0.199. The summed E-state index contributed by atoms with van der Waals surface area (Å²) in [4.78, 5) is 17.5. The number of esters is 1. The van der Waals surface area contributed by atoms with E-state index in [1.54, 1.807) is 0 Å². The molecular weight excluding hydrogens is 432 g/mol. The molecule has 31 heavy (non-hydrogen) atoms. The summed E-state index contributed by atoms with van der Waals surface area (Å²) in [5.74, 6) is 2.64. The molecule has 3 rings (SSSR count). The molecule has 0 aliphatic carbocycles. The molecule has 2 heterocycles. The standard InChI is InChI=1S/C23H36N2O4S2/c1-4-24-10-12-25(13-11-24)17-18-15-20(27-5-2)23(28-6-3)21(16-18)29-22(26)8-7-19-9-14-30-31-19/h15-16,19H,4-14,17H2,1-3H3. The average Bonchev–Trinajstić information content (AvgIpc) is 3.29. The van der Waals surface area contributed by atoms with Gasteiger partial charge in [0.05, 0.1) is 13.2 Å². The van der Waals surface area contributed by atoms with Crippen LogP contribution < -0.4 is 14.2 Å². The van der Waals surface area contributed by atoms with E-state index in [-0.39, 0.29) is 5.97 Å². The minimum Gasteiger partial charge on any atom is -0.490 e. The van der Waals surface area contributed by atoms with Gasteiger partial charge in [-0.1, -0.05) is 28.5 Å². The molecule has 174 valence electrons. The van der Waals surface area contributed by atoms with Crippen molar-refractivity contribution in [3.63, 3.8) is 0 Å². The Kier molecular flexibility index (Phi) is 10.2. The summed E-state index contributed by atoms with van der Waals surface area (Å²) in [5.41, 5.74) is 1.09. The number of carbonyl (C=O) groups is 1. The third-order valence-corrected chi connectivity index (χ3v) is 8.62. The van der Waals surface area contributed by atoms with Crippen LogP contribution in [0.2, 0.25) is 0 Å². The monoisotopic (exact) mass is 468 g/mol. The van der Waals surface area contributed by atoms with E-state index < -0.39 is 0 Å². The number of benzene rings is 1. The fraction of sp³-hybridized carbons (Fsp3) is 0.696. The first kappa shape index (κ1) is 24.6. The molecule has 2 aliphatic heterocycles. The van der Waals surface area contributed by atoms with E-state index in [9.17, 15) is 4.79 Å². The predicted molar refractivity (Wildman–Crippen MR) is 129 cm³/mol. The van der Waals surface area contributed by atoms with Gasteiger partial charge in [-0.05, 0) is 50.9 Å². The summed E-state index contributed by atoms with van der Waals surface area (Å²) in [6.45, 7) is 13.3.